The van der Waals surface area contributed by atoms with Crippen LogP contribution in [0.1, 0.15) is 30.3 Å². The third-order valence-corrected chi connectivity index (χ3v) is 5.41. The van der Waals surface area contributed by atoms with E-state index in [1.54, 1.807) is 0 Å². The molecule has 1 atom stereocenters. The second kappa shape index (κ2) is 6.59. The minimum Gasteiger partial charge on any atom is -0.347 e. The Kier molecular flexibility index (Phi) is 4.67. The average Bonchev–Trinajstić information content (AvgIpc) is 3.03. The highest BCUT2D eigenvalue weighted by atomic mass is 16.2. The summed E-state index contributed by atoms with van der Waals surface area (Å²) >= 11 is 0. The smallest absolute Gasteiger partial charge is 0.270 e. The molecular formula is C18H28N4O2. The Bertz CT molecular complexity index is 626. The van der Waals surface area contributed by atoms with Crippen LogP contribution < -0.4 is 0 Å². The topological polar surface area (TPSA) is 48.8 Å². The predicted octanol–water partition coefficient (Wildman–Crippen LogP) is 1.04. The zero-order valence-electron chi connectivity index (χ0n) is 15.0. The van der Waals surface area contributed by atoms with E-state index in [0.717, 1.165) is 32.5 Å². The van der Waals surface area contributed by atoms with Gasteiger partial charge in [-0.25, -0.2) is 0 Å². The van der Waals surface area contributed by atoms with Crippen LogP contribution in [0.2, 0.25) is 0 Å². The highest BCUT2D eigenvalue weighted by Crippen LogP contribution is 2.31. The molecule has 24 heavy (non-hydrogen) atoms. The summed E-state index contributed by atoms with van der Waals surface area (Å²) in [5.74, 6) is 0.309. The van der Waals surface area contributed by atoms with Crippen molar-refractivity contribution in [2.45, 2.75) is 19.8 Å². The molecule has 1 aromatic rings. The third kappa shape index (κ3) is 3.20. The van der Waals surface area contributed by atoms with E-state index < -0.39 is 0 Å². The average molecular weight is 332 g/mol. The van der Waals surface area contributed by atoms with Crippen LogP contribution in [-0.4, -0.2) is 77.4 Å². The van der Waals surface area contributed by atoms with Crippen LogP contribution in [0.25, 0.3) is 0 Å². The van der Waals surface area contributed by atoms with Crippen LogP contribution in [0.4, 0.5) is 0 Å². The van der Waals surface area contributed by atoms with Crippen molar-refractivity contribution < 1.29 is 9.59 Å². The van der Waals surface area contributed by atoms with Crippen LogP contribution in [0.15, 0.2) is 18.3 Å². The summed E-state index contributed by atoms with van der Waals surface area (Å²) in [6, 6.07) is 3.74. The molecule has 2 fully saturated rings. The SMILES string of the molecule is CN1CCC(C)(C(=O)N2CCCN(C(=O)c3cccn3C)CC2)C1. The second-order valence-corrected chi connectivity index (χ2v) is 7.49. The molecule has 3 heterocycles. The Morgan fingerprint density at radius 3 is 2.38 bits per heavy atom. The summed E-state index contributed by atoms with van der Waals surface area (Å²) < 4.78 is 1.85. The summed E-state index contributed by atoms with van der Waals surface area (Å²) in [7, 11) is 3.96. The second-order valence-electron chi connectivity index (χ2n) is 7.49. The van der Waals surface area contributed by atoms with Gasteiger partial charge < -0.3 is 19.3 Å². The molecule has 0 aromatic carbocycles. The lowest BCUT2D eigenvalue weighted by Crippen LogP contribution is -2.45. The van der Waals surface area contributed by atoms with Gasteiger partial charge in [-0.2, -0.15) is 0 Å². The van der Waals surface area contributed by atoms with Crippen LogP contribution in [0.5, 0.6) is 0 Å². The molecule has 3 rings (SSSR count). The summed E-state index contributed by atoms with van der Waals surface area (Å²) in [5.41, 5.74) is 0.436. The monoisotopic (exact) mass is 332 g/mol. The van der Waals surface area contributed by atoms with E-state index in [9.17, 15) is 9.59 Å². The quantitative estimate of drug-likeness (QED) is 0.813. The molecule has 0 saturated carbocycles. The molecular weight excluding hydrogens is 304 g/mol. The van der Waals surface area contributed by atoms with Gasteiger partial charge in [0, 0.05) is 46.0 Å². The van der Waals surface area contributed by atoms with Gasteiger partial charge in [0.1, 0.15) is 5.69 Å². The number of aromatic nitrogens is 1. The van der Waals surface area contributed by atoms with Crippen LogP contribution in [0, 0.1) is 5.41 Å². The summed E-state index contributed by atoms with van der Waals surface area (Å²) in [4.78, 5) is 31.7. The van der Waals surface area contributed by atoms with Crippen molar-refractivity contribution in [2.75, 3.05) is 46.3 Å². The highest BCUT2D eigenvalue weighted by Gasteiger charge is 2.41. The van der Waals surface area contributed by atoms with Crippen molar-refractivity contribution in [1.29, 1.82) is 0 Å². The molecule has 6 nitrogen and oxygen atoms in total. The summed E-state index contributed by atoms with van der Waals surface area (Å²) in [6.07, 6.45) is 3.65. The molecule has 2 aliphatic rings. The van der Waals surface area contributed by atoms with Crippen molar-refractivity contribution in [3.8, 4) is 0 Å². The first-order valence-corrected chi connectivity index (χ1v) is 8.79. The van der Waals surface area contributed by atoms with E-state index in [-0.39, 0.29) is 17.2 Å². The molecule has 6 heteroatoms. The van der Waals surface area contributed by atoms with Crippen molar-refractivity contribution in [3.05, 3.63) is 24.0 Å². The van der Waals surface area contributed by atoms with Gasteiger partial charge in [-0.05, 0) is 45.5 Å². The Labute approximate surface area is 144 Å². The van der Waals surface area contributed by atoms with E-state index in [1.807, 2.05) is 39.7 Å². The summed E-state index contributed by atoms with van der Waals surface area (Å²) in [5, 5.41) is 0. The number of carbonyl (C=O) groups excluding carboxylic acids is 2. The van der Waals surface area contributed by atoms with Gasteiger partial charge in [-0.15, -0.1) is 0 Å². The number of aryl methyl sites for hydroxylation is 1. The molecule has 2 saturated heterocycles. The zero-order chi connectivity index (χ0) is 17.3. The number of hydrogen-bond acceptors (Lipinski definition) is 3. The Morgan fingerprint density at radius 2 is 1.75 bits per heavy atom. The fraction of sp³-hybridized carbons (Fsp3) is 0.667. The fourth-order valence-electron chi connectivity index (χ4n) is 3.92. The van der Waals surface area contributed by atoms with Gasteiger partial charge in [-0.3, -0.25) is 9.59 Å². The number of likely N-dealkylation sites (tertiary alicyclic amines) is 1. The maximum absolute atomic E-state index is 13.0. The Balaban J connectivity index is 1.64. The van der Waals surface area contributed by atoms with Crippen molar-refractivity contribution in [2.24, 2.45) is 12.5 Å². The van der Waals surface area contributed by atoms with Gasteiger partial charge in [0.05, 0.1) is 5.41 Å². The van der Waals surface area contributed by atoms with Gasteiger partial charge in [0.15, 0.2) is 0 Å². The zero-order valence-corrected chi connectivity index (χ0v) is 15.0. The molecule has 2 amide bonds. The van der Waals surface area contributed by atoms with E-state index in [4.69, 9.17) is 0 Å². The molecule has 2 aliphatic heterocycles. The fourth-order valence-corrected chi connectivity index (χ4v) is 3.92. The first kappa shape index (κ1) is 17.0. The highest BCUT2D eigenvalue weighted by molar-refractivity contribution is 5.93. The van der Waals surface area contributed by atoms with Crippen molar-refractivity contribution >= 4 is 11.8 Å². The van der Waals surface area contributed by atoms with Gasteiger partial charge in [-0.1, -0.05) is 0 Å². The first-order chi connectivity index (χ1) is 11.4. The van der Waals surface area contributed by atoms with Crippen LogP contribution >= 0.6 is 0 Å². The van der Waals surface area contributed by atoms with Gasteiger partial charge in [0.25, 0.3) is 5.91 Å². The minimum atomic E-state index is -0.272. The lowest BCUT2D eigenvalue weighted by atomic mass is 9.88. The standard InChI is InChI=1S/C18H28N4O2/c1-18(7-11-19(2)14-18)17(24)22-10-5-9-21(12-13-22)16(23)15-6-4-8-20(15)3/h4,6,8H,5,7,9-14H2,1-3H3. The third-order valence-electron chi connectivity index (χ3n) is 5.41. The number of nitrogens with zero attached hydrogens (tertiary/aromatic N) is 4. The Hall–Kier alpha value is -1.82. The predicted molar refractivity (Wildman–Crippen MR) is 92.7 cm³/mol. The molecule has 1 aromatic heterocycles. The molecule has 132 valence electrons. The van der Waals surface area contributed by atoms with E-state index in [0.29, 0.717) is 25.3 Å². The lowest BCUT2D eigenvalue weighted by Gasteiger charge is -2.31. The van der Waals surface area contributed by atoms with Gasteiger partial charge in [0.2, 0.25) is 5.91 Å². The minimum absolute atomic E-state index is 0.0589. The first-order valence-electron chi connectivity index (χ1n) is 8.79. The van der Waals surface area contributed by atoms with Crippen molar-refractivity contribution in [3.63, 3.8) is 0 Å². The van der Waals surface area contributed by atoms with E-state index >= 15 is 0 Å². The Morgan fingerprint density at radius 1 is 1.04 bits per heavy atom. The van der Waals surface area contributed by atoms with E-state index in [2.05, 4.69) is 18.9 Å². The number of hydrogen-bond donors (Lipinski definition) is 0. The van der Waals surface area contributed by atoms with Crippen LogP contribution in [-0.2, 0) is 11.8 Å². The molecule has 0 aliphatic carbocycles. The molecule has 1 unspecified atom stereocenters. The largest absolute Gasteiger partial charge is 0.347 e. The molecule has 0 spiro atoms. The van der Waals surface area contributed by atoms with E-state index in [1.165, 1.54) is 0 Å². The molecule has 0 bridgehead atoms. The number of amides is 2. The number of carbonyl (C=O) groups is 2. The molecule has 0 radical (unpaired) electrons. The van der Waals surface area contributed by atoms with Crippen molar-refractivity contribution in [1.82, 2.24) is 19.3 Å². The maximum atomic E-state index is 13.0. The lowest BCUT2D eigenvalue weighted by molar-refractivity contribution is -0.140. The maximum Gasteiger partial charge on any atom is 0.270 e. The van der Waals surface area contributed by atoms with Gasteiger partial charge >= 0.3 is 0 Å². The van der Waals surface area contributed by atoms with Crippen LogP contribution in [0.3, 0.4) is 0 Å². The molecule has 0 N–H and O–H groups in total. The normalized spacial score (nSPS) is 25.8. The number of rotatable bonds is 2. The summed E-state index contributed by atoms with van der Waals surface area (Å²) in [6.45, 7) is 6.59.